The first-order valence-corrected chi connectivity index (χ1v) is 6.43. The molecule has 0 saturated carbocycles. The van der Waals surface area contributed by atoms with Gasteiger partial charge in [-0.25, -0.2) is 0 Å². The minimum absolute atomic E-state index is 0.0332. The molecule has 0 heterocycles. The summed E-state index contributed by atoms with van der Waals surface area (Å²) in [6, 6.07) is 9.08. The van der Waals surface area contributed by atoms with Gasteiger partial charge in [0.05, 0.1) is 29.3 Å². The van der Waals surface area contributed by atoms with Crippen molar-refractivity contribution in [3.05, 3.63) is 42.5 Å². The van der Waals surface area contributed by atoms with E-state index in [-0.39, 0.29) is 12.4 Å². The maximum absolute atomic E-state index is 11.8. The highest BCUT2D eigenvalue weighted by Crippen LogP contribution is 2.08. The summed E-state index contributed by atoms with van der Waals surface area (Å²) in [6.07, 6.45) is 3.03. The van der Waals surface area contributed by atoms with Crippen LogP contribution in [0.1, 0.15) is 6.42 Å². The lowest BCUT2D eigenvalue weighted by Gasteiger charge is -2.07. The molecule has 1 rings (SSSR count). The fourth-order valence-corrected chi connectivity index (χ4v) is 2.38. The zero-order valence-electron chi connectivity index (χ0n) is 8.95. The van der Waals surface area contributed by atoms with Crippen LogP contribution >= 0.6 is 0 Å². The molecule has 2 atom stereocenters. The first kappa shape index (κ1) is 13.1. The van der Waals surface area contributed by atoms with Crippen LogP contribution in [0, 0.1) is 0 Å². The SMILES string of the molecule is O=S(C[C@@H](O)C/C=C/CO)c1ccccc1. The van der Waals surface area contributed by atoms with Crippen LogP contribution in [0.15, 0.2) is 47.4 Å². The van der Waals surface area contributed by atoms with Crippen molar-refractivity contribution in [1.29, 1.82) is 0 Å². The van der Waals surface area contributed by atoms with Gasteiger partial charge >= 0.3 is 0 Å². The fraction of sp³-hybridized carbons (Fsp3) is 0.333. The smallest absolute Gasteiger partial charge is 0.0693 e. The van der Waals surface area contributed by atoms with Crippen molar-refractivity contribution in [2.24, 2.45) is 0 Å². The van der Waals surface area contributed by atoms with Gasteiger partial charge in [0.2, 0.25) is 0 Å². The Morgan fingerprint density at radius 1 is 1.25 bits per heavy atom. The predicted molar refractivity (Wildman–Crippen MR) is 64.6 cm³/mol. The molecule has 1 unspecified atom stereocenters. The van der Waals surface area contributed by atoms with E-state index in [1.807, 2.05) is 18.2 Å². The van der Waals surface area contributed by atoms with Gasteiger partial charge in [0, 0.05) is 4.90 Å². The Bertz CT molecular complexity index is 349. The molecule has 0 amide bonds. The van der Waals surface area contributed by atoms with E-state index < -0.39 is 16.9 Å². The van der Waals surface area contributed by atoms with Crippen LogP contribution in [0.3, 0.4) is 0 Å². The van der Waals surface area contributed by atoms with Gasteiger partial charge in [0.15, 0.2) is 0 Å². The van der Waals surface area contributed by atoms with E-state index in [1.54, 1.807) is 24.3 Å². The van der Waals surface area contributed by atoms with Crippen LogP contribution in [0.2, 0.25) is 0 Å². The molecule has 0 aliphatic heterocycles. The van der Waals surface area contributed by atoms with E-state index in [2.05, 4.69) is 0 Å². The van der Waals surface area contributed by atoms with Gasteiger partial charge in [0.25, 0.3) is 0 Å². The highest BCUT2D eigenvalue weighted by atomic mass is 32.2. The topological polar surface area (TPSA) is 57.5 Å². The molecule has 3 nitrogen and oxygen atoms in total. The Morgan fingerprint density at radius 2 is 1.94 bits per heavy atom. The summed E-state index contributed by atoms with van der Waals surface area (Å²) in [6.45, 7) is -0.0332. The fourth-order valence-electron chi connectivity index (χ4n) is 1.24. The van der Waals surface area contributed by atoms with Gasteiger partial charge in [-0.2, -0.15) is 0 Å². The zero-order chi connectivity index (χ0) is 11.8. The third-order valence-electron chi connectivity index (χ3n) is 2.03. The molecule has 0 saturated heterocycles. The summed E-state index contributed by atoms with van der Waals surface area (Å²) in [5, 5.41) is 18.1. The maximum atomic E-state index is 11.8. The summed E-state index contributed by atoms with van der Waals surface area (Å²) in [5.41, 5.74) is 0. The Hall–Kier alpha value is -0.970. The van der Waals surface area contributed by atoms with Crippen LogP contribution in [0.25, 0.3) is 0 Å². The van der Waals surface area contributed by atoms with Crippen molar-refractivity contribution in [2.75, 3.05) is 12.4 Å². The number of aliphatic hydroxyl groups is 2. The monoisotopic (exact) mass is 240 g/mol. The molecule has 0 radical (unpaired) electrons. The predicted octanol–water partition coefficient (Wildman–Crippen LogP) is 1.09. The van der Waals surface area contributed by atoms with Crippen LogP contribution in [0.5, 0.6) is 0 Å². The van der Waals surface area contributed by atoms with Gasteiger partial charge in [-0.1, -0.05) is 30.4 Å². The summed E-state index contributed by atoms with van der Waals surface area (Å²) in [4.78, 5) is 0.729. The lowest BCUT2D eigenvalue weighted by atomic mass is 10.3. The number of hydrogen-bond donors (Lipinski definition) is 2. The normalized spacial score (nSPS) is 15.1. The van der Waals surface area contributed by atoms with Gasteiger partial charge < -0.3 is 10.2 Å². The van der Waals surface area contributed by atoms with Crippen molar-refractivity contribution in [3.63, 3.8) is 0 Å². The van der Waals surface area contributed by atoms with Crippen molar-refractivity contribution >= 4 is 10.8 Å². The van der Waals surface area contributed by atoms with E-state index in [9.17, 15) is 9.32 Å². The molecule has 4 heteroatoms. The van der Waals surface area contributed by atoms with Crippen molar-refractivity contribution < 1.29 is 14.4 Å². The Kier molecular flexibility index (Phi) is 6.00. The molecular formula is C12H16O3S. The van der Waals surface area contributed by atoms with Gasteiger partial charge in [-0.15, -0.1) is 0 Å². The molecule has 16 heavy (non-hydrogen) atoms. The minimum Gasteiger partial charge on any atom is -0.392 e. The second-order valence-electron chi connectivity index (χ2n) is 3.37. The molecule has 0 bridgehead atoms. The van der Waals surface area contributed by atoms with E-state index >= 15 is 0 Å². The first-order valence-electron chi connectivity index (χ1n) is 5.11. The van der Waals surface area contributed by atoms with Crippen LogP contribution in [-0.4, -0.2) is 32.9 Å². The number of benzene rings is 1. The van der Waals surface area contributed by atoms with E-state index in [1.165, 1.54) is 0 Å². The number of rotatable bonds is 6. The minimum atomic E-state index is -1.17. The summed E-state index contributed by atoms with van der Waals surface area (Å²) >= 11 is 0. The average molecular weight is 240 g/mol. The standard InChI is InChI=1S/C12H16O3S/c13-9-5-4-6-11(14)10-16(15)12-7-2-1-3-8-12/h1-5,7-8,11,13-14H,6,9-10H2/b5-4+/t11-,16?/m0/s1. The third kappa shape index (κ3) is 4.70. The molecule has 0 fully saturated rings. The summed E-state index contributed by atoms with van der Waals surface area (Å²) in [5.74, 6) is 0.222. The second kappa shape index (κ2) is 7.33. The highest BCUT2D eigenvalue weighted by Gasteiger charge is 2.09. The van der Waals surface area contributed by atoms with E-state index in [0.717, 1.165) is 4.90 Å². The molecule has 0 spiro atoms. The van der Waals surface area contributed by atoms with Gasteiger partial charge in [-0.3, -0.25) is 4.21 Å². The molecule has 88 valence electrons. The maximum Gasteiger partial charge on any atom is 0.0693 e. The molecule has 0 aromatic heterocycles. The molecule has 0 aliphatic rings. The molecule has 0 aliphatic carbocycles. The Labute approximate surface area is 97.9 Å². The van der Waals surface area contributed by atoms with Gasteiger partial charge in [-0.05, 0) is 18.6 Å². The van der Waals surface area contributed by atoms with Crippen LogP contribution < -0.4 is 0 Å². The molecule has 2 N–H and O–H groups in total. The third-order valence-corrected chi connectivity index (χ3v) is 3.52. The van der Waals surface area contributed by atoms with E-state index in [4.69, 9.17) is 5.11 Å². The van der Waals surface area contributed by atoms with Crippen LogP contribution in [0.4, 0.5) is 0 Å². The second-order valence-corrected chi connectivity index (χ2v) is 4.86. The Morgan fingerprint density at radius 3 is 2.56 bits per heavy atom. The largest absolute Gasteiger partial charge is 0.392 e. The Balaban J connectivity index is 2.43. The molecular weight excluding hydrogens is 224 g/mol. The first-order chi connectivity index (χ1) is 7.74. The van der Waals surface area contributed by atoms with Crippen molar-refractivity contribution in [3.8, 4) is 0 Å². The number of hydrogen-bond acceptors (Lipinski definition) is 3. The highest BCUT2D eigenvalue weighted by molar-refractivity contribution is 7.85. The quantitative estimate of drug-likeness (QED) is 0.732. The lowest BCUT2D eigenvalue weighted by Crippen LogP contribution is -2.15. The lowest BCUT2D eigenvalue weighted by molar-refractivity contribution is 0.202. The van der Waals surface area contributed by atoms with Crippen molar-refractivity contribution in [2.45, 2.75) is 17.4 Å². The summed E-state index contributed by atoms with van der Waals surface area (Å²) < 4.78 is 11.8. The molecule has 1 aromatic rings. The van der Waals surface area contributed by atoms with Gasteiger partial charge in [0.1, 0.15) is 0 Å². The van der Waals surface area contributed by atoms with E-state index in [0.29, 0.717) is 6.42 Å². The van der Waals surface area contributed by atoms with Crippen LogP contribution in [-0.2, 0) is 10.8 Å². The summed E-state index contributed by atoms with van der Waals surface area (Å²) in [7, 11) is -1.17. The number of aliphatic hydroxyl groups excluding tert-OH is 2. The van der Waals surface area contributed by atoms with Crippen molar-refractivity contribution in [1.82, 2.24) is 0 Å². The zero-order valence-corrected chi connectivity index (χ0v) is 9.77. The average Bonchev–Trinajstić information content (AvgIpc) is 2.30. The molecule has 1 aromatic carbocycles.